The molecule has 0 saturated heterocycles. The number of hydrogen-bond acceptors (Lipinski definition) is 2. The molecule has 2 heteroatoms. The highest BCUT2D eigenvalue weighted by Crippen LogP contribution is 2.41. The fourth-order valence-corrected chi connectivity index (χ4v) is 3.50. The minimum absolute atomic E-state index is 0.628. The maximum absolute atomic E-state index is 10.8. The first-order chi connectivity index (χ1) is 8.66. The number of aliphatic hydroxyl groups is 2. The predicted molar refractivity (Wildman–Crippen MR) is 74.4 cm³/mol. The fourth-order valence-electron chi connectivity index (χ4n) is 3.50. The lowest BCUT2D eigenvalue weighted by atomic mass is 9.69. The number of fused-ring (bicyclic) bond motifs is 1. The van der Waals surface area contributed by atoms with Crippen LogP contribution >= 0.6 is 0 Å². The van der Waals surface area contributed by atoms with Gasteiger partial charge in [-0.25, -0.2) is 0 Å². The third-order valence-corrected chi connectivity index (χ3v) is 4.87. The highest BCUT2D eigenvalue weighted by molar-refractivity contribution is 5.12. The highest BCUT2D eigenvalue weighted by atomic mass is 16.4. The van der Waals surface area contributed by atoms with Gasteiger partial charge >= 0.3 is 0 Å². The lowest BCUT2D eigenvalue weighted by Gasteiger charge is -2.45. The van der Waals surface area contributed by atoms with Gasteiger partial charge in [0.1, 0.15) is 0 Å². The molecule has 2 aliphatic carbocycles. The van der Waals surface area contributed by atoms with Crippen LogP contribution in [0.15, 0.2) is 12.2 Å². The zero-order valence-electron chi connectivity index (χ0n) is 11.5. The van der Waals surface area contributed by atoms with Gasteiger partial charge in [-0.15, -0.1) is 0 Å². The van der Waals surface area contributed by atoms with Crippen molar-refractivity contribution in [3.8, 4) is 0 Å². The molecule has 2 N–H and O–H groups in total. The molecule has 0 aromatic rings. The summed E-state index contributed by atoms with van der Waals surface area (Å²) >= 11 is 0. The second-order valence-electron chi connectivity index (χ2n) is 6.27. The van der Waals surface area contributed by atoms with Crippen LogP contribution in [-0.2, 0) is 0 Å². The van der Waals surface area contributed by atoms with Crippen molar-refractivity contribution in [2.45, 2.75) is 88.3 Å². The summed E-state index contributed by atoms with van der Waals surface area (Å²) in [5.74, 6) is 0. The molecule has 0 amide bonds. The van der Waals surface area contributed by atoms with E-state index in [4.69, 9.17) is 0 Å². The van der Waals surface area contributed by atoms with Crippen molar-refractivity contribution in [2.75, 3.05) is 0 Å². The number of hydrogen-bond donors (Lipinski definition) is 2. The molecule has 1 fully saturated rings. The van der Waals surface area contributed by atoms with Crippen molar-refractivity contribution in [3.05, 3.63) is 12.2 Å². The molecule has 0 radical (unpaired) electrons. The second kappa shape index (κ2) is 6.21. The molecule has 0 aliphatic heterocycles. The van der Waals surface area contributed by atoms with Crippen LogP contribution < -0.4 is 0 Å². The van der Waals surface area contributed by atoms with Crippen LogP contribution in [0.1, 0.15) is 77.0 Å². The van der Waals surface area contributed by atoms with Gasteiger partial charge in [-0.3, -0.25) is 0 Å². The van der Waals surface area contributed by atoms with Gasteiger partial charge in [0.2, 0.25) is 0 Å². The summed E-state index contributed by atoms with van der Waals surface area (Å²) in [6.45, 7) is 0. The first-order valence-electron chi connectivity index (χ1n) is 7.76. The molecule has 0 bridgehead atoms. The van der Waals surface area contributed by atoms with Crippen molar-refractivity contribution >= 4 is 0 Å². The van der Waals surface area contributed by atoms with E-state index in [1.807, 2.05) is 12.2 Å². The molecule has 0 heterocycles. The number of rotatable bonds is 0. The summed E-state index contributed by atoms with van der Waals surface area (Å²) < 4.78 is 0. The molecule has 1 saturated carbocycles. The third-order valence-electron chi connectivity index (χ3n) is 4.87. The first kappa shape index (κ1) is 14.1. The molecule has 18 heavy (non-hydrogen) atoms. The Morgan fingerprint density at radius 1 is 0.556 bits per heavy atom. The molecular formula is C16H28O2. The highest BCUT2D eigenvalue weighted by Gasteiger charge is 2.48. The van der Waals surface area contributed by atoms with Gasteiger partial charge in [0, 0.05) is 0 Å². The Bertz CT molecular complexity index is 259. The Morgan fingerprint density at radius 2 is 0.889 bits per heavy atom. The van der Waals surface area contributed by atoms with Crippen LogP contribution in [0.25, 0.3) is 0 Å². The summed E-state index contributed by atoms with van der Waals surface area (Å²) in [5, 5.41) is 21.7. The van der Waals surface area contributed by atoms with Crippen molar-refractivity contribution in [1.82, 2.24) is 0 Å². The van der Waals surface area contributed by atoms with E-state index in [9.17, 15) is 10.2 Å². The van der Waals surface area contributed by atoms with Gasteiger partial charge in [0.25, 0.3) is 0 Å². The molecule has 0 unspecified atom stereocenters. The van der Waals surface area contributed by atoms with Crippen LogP contribution in [0.4, 0.5) is 0 Å². The minimum Gasteiger partial charge on any atom is -0.387 e. The molecule has 2 rings (SSSR count). The minimum atomic E-state index is -0.874. The summed E-state index contributed by atoms with van der Waals surface area (Å²) in [7, 11) is 0. The van der Waals surface area contributed by atoms with Crippen LogP contribution in [0.2, 0.25) is 0 Å². The Morgan fingerprint density at radius 3 is 1.28 bits per heavy atom. The van der Waals surface area contributed by atoms with Crippen LogP contribution in [0, 0.1) is 0 Å². The maximum atomic E-state index is 10.8. The van der Waals surface area contributed by atoms with E-state index in [2.05, 4.69) is 0 Å². The first-order valence-corrected chi connectivity index (χ1v) is 7.76. The van der Waals surface area contributed by atoms with E-state index in [-0.39, 0.29) is 0 Å². The molecular weight excluding hydrogens is 224 g/mol. The molecule has 0 spiro atoms. The Labute approximate surface area is 111 Å². The Hall–Kier alpha value is -0.340. The average molecular weight is 252 g/mol. The molecule has 2 aliphatic rings. The maximum Gasteiger partial charge on any atom is 0.0970 e. The van der Waals surface area contributed by atoms with Gasteiger partial charge in [0.05, 0.1) is 11.2 Å². The van der Waals surface area contributed by atoms with Crippen molar-refractivity contribution < 1.29 is 10.2 Å². The van der Waals surface area contributed by atoms with Gasteiger partial charge in [-0.2, -0.15) is 0 Å². The summed E-state index contributed by atoms with van der Waals surface area (Å²) in [4.78, 5) is 0. The lowest BCUT2D eigenvalue weighted by Crippen LogP contribution is -2.55. The average Bonchev–Trinajstić information content (AvgIpc) is 2.34. The normalized spacial score (nSPS) is 39.4. The second-order valence-corrected chi connectivity index (χ2v) is 6.27. The molecule has 0 aromatic heterocycles. The molecule has 2 nitrogen and oxygen atoms in total. The van der Waals surface area contributed by atoms with Gasteiger partial charge in [-0.1, -0.05) is 63.5 Å². The van der Waals surface area contributed by atoms with E-state index in [0.29, 0.717) is 12.8 Å². The van der Waals surface area contributed by atoms with Gasteiger partial charge in [0.15, 0.2) is 0 Å². The zero-order valence-corrected chi connectivity index (χ0v) is 11.5. The van der Waals surface area contributed by atoms with E-state index < -0.39 is 11.2 Å². The molecule has 104 valence electrons. The zero-order chi connectivity index (χ0) is 12.9. The Kier molecular flexibility index (Phi) is 4.85. The molecule has 0 aromatic carbocycles. The molecule has 2 atom stereocenters. The summed E-state index contributed by atoms with van der Waals surface area (Å²) in [5.41, 5.74) is -1.75. The van der Waals surface area contributed by atoms with Gasteiger partial charge < -0.3 is 10.2 Å². The third kappa shape index (κ3) is 3.16. The van der Waals surface area contributed by atoms with E-state index in [1.54, 1.807) is 0 Å². The van der Waals surface area contributed by atoms with Crippen LogP contribution in [-0.4, -0.2) is 21.4 Å². The van der Waals surface area contributed by atoms with E-state index in [1.165, 1.54) is 38.5 Å². The topological polar surface area (TPSA) is 40.5 Å². The Balaban J connectivity index is 2.05. The van der Waals surface area contributed by atoms with E-state index >= 15 is 0 Å². The van der Waals surface area contributed by atoms with Crippen LogP contribution in [0.3, 0.4) is 0 Å². The predicted octanol–water partition coefficient (Wildman–Crippen LogP) is 3.71. The van der Waals surface area contributed by atoms with Crippen molar-refractivity contribution in [2.24, 2.45) is 0 Å². The van der Waals surface area contributed by atoms with E-state index in [0.717, 1.165) is 25.7 Å². The smallest absolute Gasteiger partial charge is 0.0970 e. The fraction of sp³-hybridized carbons (Fsp3) is 0.875. The van der Waals surface area contributed by atoms with Gasteiger partial charge in [-0.05, 0) is 25.7 Å². The quantitative estimate of drug-likeness (QED) is 0.645. The standard InChI is InChI=1S/C16H28O2/c17-15-11-7-5-3-1-2-4-6-8-12-16(15,18)14-10-9-13-15/h9-10,17-18H,1-8,11-14H2/t15-,16-/m1/s1. The van der Waals surface area contributed by atoms with Crippen LogP contribution in [0.5, 0.6) is 0 Å². The SMILES string of the molecule is O[C@]12CC=CC[C@]1(O)CCCCCCCCCC2. The van der Waals surface area contributed by atoms with Crippen molar-refractivity contribution in [3.63, 3.8) is 0 Å². The largest absolute Gasteiger partial charge is 0.387 e. The summed E-state index contributed by atoms with van der Waals surface area (Å²) in [6.07, 6.45) is 16.6. The summed E-state index contributed by atoms with van der Waals surface area (Å²) in [6, 6.07) is 0. The van der Waals surface area contributed by atoms with Crippen molar-refractivity contribution in [1.29, 1.82) is 0 Å². The monoisotopic (exact) mass is 252 g/mol. The lowest BCUT2D eigenvalue weighted by molar-refractivity contribution is -0.162.